The highest BCUT2D eigenvalue weighted by Crippen LogP contribution is 2.32. The second kappa shape index (κ2) is 11.1. The maximum atomic E-state index is 13.4. The van der Waals surface area contributed by atoms with Crippen LogP contribution in [0.25, 0.3) is 11.0 Å². The molecule has 2 heterocycles. The summed E-state index contributed by atoms with van der Waals surface area (Å²) in [6.45, 7) is 3.91. The Kier molecular flexibility index (Phi) is 8.14. The minimum atomic E-state index is -4.57. The van der Waals surface area contributed by atoms with Crippen LogP contribution in [0.3, 0.4) is 0 Å². The molecule has 4 amide bonds. The van der Waals surface area contributed by atoms with E-state index in [4.69, 9.17) is 4.42 Å². The van der Waals surface area contributed by atoms with Crippen LogP contribution in [0.4, 0.5) is 28.0 Å². The lowest BCUT2D eigenvalue weighted by molar-refractivity contribution is -0.137. The van der Waals surface area contributed by atoms with Gasteiger partial charge in [0.1, 0.15) is 11.4 Å². The predicted octanol–water partition coefficient (Wildman–Crippen LogP) is 3.87. The van der Waals surface area contributed by atoms with Crippen molar-refractivity contribution < 1.29 is 44.8 Å². The molecule has 0 radical (unpaired) electrons. The minimum Gasteiger partial charge on any atom is -0.443 e. The average molecular weight is 599 g/mol. The number of nitrogens with one attached hydrogen (secondary N) is 2. The number of hydrogen-bond acceptors (Lipinski definition) is 6. The van der Waals surface area contributed by atoms with Gasteiger partial charge in [-0.3, -0.25) is 19.4 Å². The molecule has 3 aromatic rings. The number of urea groups is 1. The lowest BCUT2D eigenvalue weighted by Gasteiger charge is -2.40. The number of amides is 4. The Labute approximate surface area is 232 Å². The quantitative estimate of drug-likeness (QED) is 0.379. The third-order valence-corrected chi connectivity index (χ3v) is 7.81. The second-order valence-electron chi connectivity index (χ2n) is 9.77. The monoisotopic (exact) mass is 598 g/mol. The number of furan rings is 1. The van der Waals surface area contributed by atoms with E-state index in [9.17, 15) is 40.4 Å². The highest BCUT2D eigenvalue weighted by Gasteiger charge is 2.41. The van der Waals surface area contributed by atoms with Crippen LogP contribution in [0.2, 0.25) is 0 Å². The summed E-state index contributed by atoms with van der Waals surface area (Å²) in [7, 11) is -4.33. The van der Waals surface area contributed by atoms with Crippen molar-refractivity contribution >= 4 is 44.5 Å². The summed E-state index contributed by atoms with van der Waals surface area (Å²) in [5, 5.41) is 2.16. The third kappa shape index (κ3) is 6.35. The van der Waals surface area contributed by atoms with Gasteiger partial charge in [0.15, 0.2) is 0 Å². The van der Waals surface area contributed by atoms with Gasteiger partial charge in [-0.2, -0.15) is 17.9 Å². The van der Waals surface area contributed by atoms with Crippen LogP contribution in [0, 0.1) is 11.7 Å². The van der Waals surface area contributed by atoms with Gasteiger partial charge in [-0.05, 0) is 63.2 Å². The Balaban J connectivity index is 1.45. The van der Waals surface area contributed by atoms with E-state index < -0.39 is 68.5 Å². The van der Waals surface area contributed by atoms with Crippen LogP contribution in [0.5, 0.6) is 0 Å². The van der Waals surface area contributed by atoms with Crippen molar-refractivity contribution in [3.63, 3.8) is 0 Å². The van der Waals surface area contributed by atoms with Gasteiger partial charge in [0.2, 0.25) is 16.9 Å². The highest BCUT2D eigenvalue weighted by molar-refractivity contribution is 7.89. The number of carbonyl (C=O) groups excluding carboxylic acids is 3. The van der Waals surface area contributed by atoms with E-state index in [0.717, 1.165) is 52.3 Å². The van der Waals surface area contributed by atoms with Crippen LogP contribution in [0.1, 0.15) is 26.3 Å². The second-order valence-corrected chi connectivity index (χ2v) is 11.4. The SMILES string of the molecule is CC(C)N1C(=O)C(CNC(=O)[C@H](C)NS(=O)(=O)c2cc3cc(F)ccc3o2)CN(c2ccc(C(F)(F)F)cc2)C1=O. The molecule has 2 atom stereocenters. The van der Waals surface area contributed by atoms with E-state index in [0.29, 0.717) is 0 Å². The number of fused-ring (bicyclic) bond motifs is 1. The van der Waals surface area contributed by atoms with Crippen LogP contribution < -0.4 is 14.9 Å². The lowest BCUT2D eigenvalue weighted by atomic mass is 10.0. The molecule has 1 unspecified atom stereocenters. The van der Waals surface area contributed by atoms with Gasteiger partial charge in [-0.15, -0.1) is 0 Å². The molecule has 220 valence electrons. The summed E-state index contributed by atoms with van der Waals surface area (Å²) < 4.78 is 85.3. The molecule has 0 bridgehead atoms. The molecule has 2 N–H and O–H groups in total. The summed E-state index contributed by atoms with van der Waals surface area (Å²) >= 11 is 0. The summed E-state index contributed by atoms with van der Waals surface area (Å²) in [4.78, 5) is 41.0. The third-order valence-electron chi connectivity index (χ3n) is 6.42. The molecule has 1 aliphatic rings. The summed E-state index contributed by atoms with van der Waals surface area (Å²) in [5.74, 6) is -2.96. The molecule has 0 spiro atoms. The first-order valence-electron chi connectivity index (χ1n) is 12.4. The van der Waals surface area contributed by atoms with Crippen LogP contribution in [-0.2, 0) is 25.8 Å². The molecule has 10 nitrogen and oxygen atoms in total. The first-order valence-corrected chi connectivity index (χ1v) is 13.9. The number of halogens is 4. The molecule has 2 aromatic carbocycles. The Morgan fingerprint density at radius 3 is 2.34 bits per heavy atom. The average Bonchev–Trinajstić information content (AvgIpc) is 3.31. The molecule has 15 heteroatoms. The zero-order valence-electron chi connectivity index (χ0n) is 22.0. The van der Waals surface area contributed by atoms with Crippen molar-refractivity contribution in [3.8, 4) is 0 Å². The molecule has 1 aliphatic heterocycles. The predicted molar refractivity (Wildman–Crippen MR) is 139 cm³/mol. The first kappa shape index (κ1) is 30.0. The van der Waals surface area contributed by atoms with Gasteiger partial charge < -0.3 is 9.73 Å². The topological polar surface area (TPSA) is 129 Å². The molecule has 1 saturated heterocycles. The number of sulfonamides is 1. The molecule has 4 rings (SSSR count). The van der Waals surface area contributed by atoms with Crippen molar-refractivity contribution in [1.82, 2.24) is 14.9 Å². The molecular weight excluding hydrogens is 572 g/mol. The smallest absolute Gasteiger partial charge is 0.416 e. The number of alkyl halides is 3. The first-order chi connectivity index (χ1) is 19.1. The highest BCUT2D eigenvalue weighted by atomic mass is 32.2. The van der Waals surface area contributed by atoms with Gasteiger partial charge in [-0.1, -0.05) is 0 Å². The van der Waals surface area contributed by atoms with E-state index in [1.165, 1.54) is 13.0 Å². The van der Waals surface area contributed by atoms with Crippen LogP contribution >= 0.6 is 0 Å². The van der Waals surface area contributed by atoms with Crippen LogP contribution in [0.15, 0.2) is 58.0 Å². The number of anilines is 1. The minimum absolute atomic E-state index is 0.126. The fourth-order valence-electron chi connectivity index (χ4n) is 4.31. The molecule has 0 aliphatic carbocycles. The standard InChI is InChI=1S/C26H26F4N4O6S/c1-14(2)34-24(36)17(13-33(25(34)37)20-7-4-18(5-8-20)26(28,29)30)12-31-23(35)15(3)32-41(38,39)22-11-16-10-19(27)6-9-21(16)40-22/h4-11,14-15,17,32H,12-13H2,1-3H3,(H,31,35)/t15-,17?/m0/s1. The Morgan fingerprint density at radius 1 is 1.07 bits per heavy atom. The Morgan fingerprint density at radius 2 is 1.73 bits per heavy atom. The number of nitrogens with zero attached hydrogens (tertiary/aromatic N) is 2. The number of benzene rings is 2. The Bertz CT molecular complexity index is 1590. The summed E-state index contributed by atoms with van der Waals surface area (Å²) in [5.41, 5.74) is -0.650. The number of imide groups is 1. The van der Waals surface area contributed by atoms with Gasteiger partial charge in [0.05, 0.1) is 17.5 Å². The fraction of sp³-hybridized carbons (Fsp3) is 0.346. The van der Waals surface area contributed by atoms with E-state index >= 15 is 0 Å². The largest absolute Gasteiger partial charge is 0.443 e. The van der Waals surface area contributed by atoms with Gasteiger partial charge in [-0.25, -0.2) is 17.6 Å². The molecular formula is C26H26F4N4O6S. The number of rotatable bonds is 8. The van der Waals surface area contributed by atoms with E-state index in [2.05, 4.69) is 10.0 Å². The van der Waals surface area contributed by atoms with Crippen molar-refractivity contribution in [2.24, 2.45) is 5.92 Å². The van der Waals surface area contributed by atoms with Crippen molar-refractivity contribution in [2.75, 3.05) is 18.0 Å². The van der Waals surface area contributed by atoms with E-state index in [1.807, 2.05) is 0 Å². The zero-order chi connectivity index (χ0) is 30.3. The van der Waals surface area contributed by atoms with Crippen molar-refractivity contribution in [2.45, 2.75) is 44.1 Å². The van der Waals surface area contributed by atoms with Crippen molar-refractivity contribution in [1.29, 1.82) is 0 Å². The molecule has 41 heavy (non-hydrogen) atoms. The van der Waals surface area contributed by atoms with Crippen molar-refractivity contribution in [3.05, 3.63) is 59.9 Å². The fourth-order valence-corrected chi connectivity index (χ4v) is 5.48. The van der Waals surface area contributed by atoms with E-state index in [1.54, 1.807) is 13.8 Å². The maximum Gasteiger partial charge on any atom is 0.416 e. The summed E-state index contributed by atoms with van der Waals surface area (Å²) in [6, 6.07) is 5.81. The molecule has 1 aromatic heterocycles. The number of carbonyl (C=O) groups is 3. The zero-order valence-corrected chi connectivity index (χ0v) is 22.8. The molecule has 0 saturated carbocycles. The van der Waals surface area contributed by atoms with Gasteiger partial charge in [0, 0.05) is 36.3 Å². The maximum absolute atomic E-state index is 13.4. The lowest BCUT2D eigenvalue weighted by Crippen LogP contribution is -2.61. The van der Waals surface area contributed by atoms with Crippen LogP contribution in [-0.4, -0.2) is 56.3 Å². The van der Waals surface area contributed by atoms with Gasteiger partial charge in [0.25, 0.3) is 10.0 Å². The summed E-state index contributed by atoms with van der Waals surface area (Å²) in [6.07, 6.45) is -4.57. The van der Waals surface area contributed by atoms with Gasteiger partial charge >= 0.3 is 12.2 Å². The Hall–Kier alpha value is -3.98. The van der Waals surface area contributed by atoms with E-state index in [-0.39, 0.29) is 29.7 Å². The molecule has 1 fully saturated rings. The normalized spacial score (nSPS) is 17.4. The number of hydrogen-bond donors (Lipinski definition) is 2.